The Balaban J connectivity index is 1.79. The number of aromatic amines is 1. The predicted octanol–water partition coefficient (Wildman–Crippen LogP) is 2.82. The largest absolute Gasteiger partial charge is 0.465 e. The number of aromatic nitrogens is 2. The van der Waals surface area contributed by atoms with E-state index in [0.29, 0.717) is 44.7 Å². The van der Waals surface area contributed by atoms with Gasteiger partial charge >= 0.3 is 5.97 Å². The Bertz CT molecular complexity index is 1120. The highest BCUT2D eigenvalue weighted by atomic mass is 127. The number of nitrogens with zero attached hydrogens (tertiary/aromatic N) is 2. The number of H-pyrrole nitrogens is 1. The van der Waals surface area contributed by atoms with Crippen LogP contribution in [0.4, 0.5) is 5.13 Å². The van der Waals surface area contributed by atoms with Crippen molar-refractivity contribution in [2.24, 2.45) is 5.92 Å². The van der Waals surface area contributed by atoms with Crippen molar-refractivity contribution in [2.45, 2.75) is 23.8 Å². The summed E-state index contributed by atoms with van der Waals surface area (Å²) in [4.78, 5) is 34.4. The molecule has 0 aliphatic carbocycles. The maximum Gasteiger partial charge on any atom is 0.349 e. The van der Waals surface area contributed by atoms with Crippen LogP contribution in [0.15, 0.2) is 6.20 Å². The van der Waals surface area contributed by atoms with Gasteiger partial charge in [0.15, 0.2) is 5.13 Å². The van der Waals surface area contributed by atoms with Crippen molar-refractivity contribution in [2.75, 3.05) is 37.1 Å². The van der Waals surface area contributed by atoms with E-state index < -0.39 is 15.8 Å². The number of nitrogens with one attached hydrogen (secondary N) is 2. The second kappa shape index (κ2) is 10.3. The lowest BCUT2D eigenvalue weighted by Crippen LogP contribution is -2.53. The minimum absolute atomic E-state index is 0.0761. The van der Waals surface area contributed by atoms with Crippen LogP contribution in [0.2, 0.25) is 5.02 Å². The molecule has 1 amide bonds. The van der Waals surface area contributed by atoms with E-state index in [1.165, 1.54) is 30.9 Å². The fourth-order valence-electron chi connectivity index (χ4n) is 3.77. The number of halogens is 2. The van der Waals surface area contributed by atoms with Gasteiger partial charge in [-0.3, -0.25) is 4.79 Å². The quantitative estimate of drug-likeness (QED) is 0.280. The number of hydrogen-bond acceptors (Lipinski definition) is 8. The van der Waals surface area contributed by atoms with E-state index in [-0.39, 0.29) is 23.6 Å². The predicted molar refractivity (Wildman–Crippen MR) is 133 cm³/mol. The summed E-state index contributed by atoms with van der Waals surface area (Å²) in [7, 11) is -1.98. The number of amides is 1. The number of aryl methyl sites for hydroxylation is 1. The lowest BCUT2D eigenvalue weighted by molar-refractivity contribution is 0.0605. The highest BCUT2D eigenvalue weighted by molar-refractivity contribution is 14.1. The number of piperidine rings is 1. The standard InChI is InChI=1S/C19H24ClIN4O5S2/c1-10-15(20)12(6-21)16(23-10)17(26)24-13-4-5-25(8-11(13)9-32(3,28)29)19-22-7-14(31-19)18(27)30-2/h7,11,13,23H,4-6,8-9H2,1-3H3,(H,24,26). The molecule has 176 valence electrons. The van der Waals surface area contributed by atoms with Crippen LogP contribution >= 0.6 is 45.5 Å². The van der Waals surface area contributed by atoms with Crippen molar-refractivity contribution in [1.29, 1.82) is 0 Å². The molecule has 0 spiro atoms. The molecule has 1 saturated heterocycles. The van der Waals surface area contributed by atoms with Crippen LogP contribution in [0.5, 0.6) is 0 Å². The van der Waals surface area contributed by atoms with Crippen molar-refractivity contribution in [1.82, 2.24) is 15.3 Å². The summed E-state index contributed by atoms with van der Waals surface area (Å²) in [6.45, 7) is 2.75. The second-order valence-electron chi connectivity index (χ2n) is 7.72. The highest BCUT2D eigenvalue weighted by Gasteiger charge is 2.35. The molecule has 13 heteroatoms. The minimum atomic E-state index is -3.29. The van der Waals surface area contributed by atoms with Crippen LogP contribution in [0.1, 0.15) is 37.8 Å². The first kappa shape index (κ1) is 25.2. The first-order chi connectivity index (χ1) is 15.0. The molecule has 9 nitrogen and oxygen atoms in total. The zero-order valence-electron chi connectivity index (χ0n) is 17.8. The molecule has 2 aromatic heterocycles. The third-order valence-electron chi connectivity index (χ3n) is 5.29. The van der Waals surface area contributed by atoms with Gasteiger partial charge < -0.3 is 19.9 Å². The molecule has 0 bridgehead atoms. The van der Waals surface area contributed by atoms with Crippen LogP contribution in [0.3, 0.4) is 0 Å². The van der Waals surface area contributed by atoms with Crippen molar-refractivity contribution >= 4 is 72.4 Å². The van der Waals surface area contributed by atoms with Crippen molar-refractivity contribution in [3.8, 4) is 0 Å². The number of rotatable bonds is 7. The third-order valence-corrected chi connectivity index (χ3v) is 8.63. The summed E-state index contributed by atoms with van der Waals surface area (Å²) in [6.07, 6.45) is 3.17. The number of ether oxygens (including phenoxy) is 1. The SMILES string of the molecule is COC(=O)c1cnc(N2CCC(NC(=O)c3[nH]c(C)c(Cl)c3CI)C(CS(C)(=O)=O)C2)s1. The smallest absolute Gasteiger partial charge is 0.349 e. The number of alkyl halides is 1. The average molecular weight is 615 g/mol. The number of carbonyl (C=O) groups excluding carboxylic acids is 2. The number of methoxy groups -OCH3 is 1. The Morgan fingerprint density at radius 2 is 2.19 bits per heavy atom. The molecule has 3 heterocycles. The Morgan fingerprint density at radius 1 is 1.47 bits per heavy atom. The van der Waals surface area contributed by atoms with E-state index in [1.54, 1.807) is 6.92 Å². The molecule has 32 heavy (non-hydrogen) atoms. The molecule has 1 aliphatic heterocycles. The summed E-state index contributed by atoms with van der Waals surface area (Å²) in [5.41, 5.74) is 1.86. The summed E-state index contributed by atoms with van der Waals surface area (Å²) in [6, 6.07) is -0.335. The van der Waals surface area contributed by atoms with Gasteiger partial charge in [0.2, 0.25) is 0 Å². The van der Waals surface area contributed by atoms with Crippen LogP contribution in [0.25, 0.3) is 0 Å². The molecular weight excluding hydrogens is 591 g/mol. The summed E-state index contributed by atoms with van der Waals surface area (Å²) in [5, 5.41) is 4.17. The Morgan fingerprint density at radius 3 is 2.81 bits per heavy atom. The molecule has 0 aromatic carbocycles. The van der Waals surface area contributed by atoms with Gasteiger partial charge in [0.05, 0.1) is 24.1 Å². The van der Waals surface area contributed by atoms with Gasteiger partial charge in [0.1, 0.15) is 20.4 Å². The van der Waals surface area contributed by atoms with Crippen LogP contribution in [-0.2, 0) is 19.0 Å². The summed E-state index contributed by atoms with van der Waals surface area (Å²) in [5.74, 6) is -1.18. The van der Waals surface area contributed by atoms with E-state index in [4.69, 9.17) is 16.3 Å². The molecule has 2 aromatic rings. The maximum absolute atomic E-state index is 13.0. The number of anilines is 1. The zero-order chi connectivity index (χ0) is 23.6. The van der Waals surface area contributed by atoms with Gasteiger partial charge in [0, 0.05) is 47.0 Å². The molecule has 1 fully saturated rings. The van der Waals surface area contributed by atoms with Crippen LogP contribution < -0.4 is 10.2 Å². The topological polar surface area (TPSA) is 121 Å². The van der Waals surface area contributed by atoms with E-state index in [9.17, 15) is 18.0 Å². The Hall–Kier alpha value is -1.38. The zero-order valence-corrected chi connectivity index (χ0v) is 22.3. The monoisotopic (exact) mass is 614 g/mol. The highest BCUT2D eigenvalue weighted by Crippen LogP contribution is 2.30. The fraction of sp³-hybridized carbons (Fsp3) is 0.526. The molecule has 3 rings (SSSR count). The molecule has 2 unspecified atom stereocenters. The van der Waals surface area contributed by atoms with Crippen LogP contribution in [0, 0.1) is 12.8 Å². The summed E-state index contributed by atoms with van der Waals surface area (Å²) >= 11 is 9.65. The van der Waals surface area contributed by atoms with Crippen molar-refractivity contribution in [3.05, 3.63) is 33.0 Å². The minimum Gasteiger partial charge on any atom is -0.465 e. The first-order valence-corrected chi connectivity index (χ1v) is 14.5. The third kappa shape index (κ3) is 5.75. The van der Waals surface area contributed by atoms with E-state index in [1.807, 2.05) is 4.90 Å². The van der Waals surface area contributed by atoms with Crippen molar-refractivity contribution < 1.29 is 22.7 Å². The first-order valence-electron chi connectivity index (χ1n) is 9.74. The Labute approximate surface area is 209 Å². The fourth-order valence-corrected chi connectivity index (χ4v) is 6.95. The van der Waals surface area contributed by atoms with Gasteiger partial charge in [-0.1, -0.05) is 45.5 Å². The van der Waals surface area contributed by atoms with Gasteiger partial charge in [-0.05, 0) is 13.3 Å². The normalized spacial score (nSPS) is 19.1. The van der Waals surface area contributed by atoms with E-state index in [0.717, 1.165) is 11.3 Å². The van der Waals surface area contributed by atoms with E-state index in [2.05, 4.69) is 37.9 Å². The molecule has 0 saturated carbocycles. The number of esters is 1. The molecule has 2 N–H and O–H groups in total. The van der Waals surface area contributed by atoms with Gasteiger partial charge in [-0.25, -0.2) is 18.2 Å². The van der Waals surface area contributed by atoms with Crippen molar-refractivity contribution in [3.63, 3.8) is 0 Å². The lowest BCUT2D eigenvalue weighted by atomic mass is 9.93. The van der Waals surface area contributed by atoms with Crippen LogP contribution in [-0.4, -0.2) is 68.5 Å². The number of thiazole rings is 1. The Kier molecular flexibility index (Phi) is 8.10. The molecule has 0 radical (unpaired) electrons. The number of hydrogen-bond donors (Lipinski definition) is 2. The molecule has 1 aliphatic rings. The van der Waals surface area contributed by atoms with Gasteiger partial charge in [-0.15, -0.1) is 0 Å². The molecule has 2 atom stereocenters. The molecular formula is C19H24ClIN4O5S2. The van der Waals surface area contributed by atoms with E-state index >= 15 is 0 Å². The van der Waals surface area contributed by atoms with Gasteiger partial charge in [-0.2, -0.15) is 0 Å². The number of sulfone groups is 1. The number of carbonyl (C=O) groups is 2. The second-order valence-corrected chi connectivity index (χ2v) is 12.1. The maximum atomic E-state index is 13.0. The van der Waals surface area contributed by atoms with Gasteiger partial charge in [0.25, 0.3) is 5.91 Å². The average Bonchev–Trinajstić information content (AvgIpc) is 3.33. The lowest BCUT2D eigenvalue weighted by Gasteiger charge is -2.38. The summed E-state index contributed by atoms with van der Waals surface area (Å²) < 4.78 is 29.5.